The van der Waals surface area contributed by atoms with E-state index in [4.69, 9.17) is 5.11 Å². The second kappa shape index (κ2) is 17.0. The molecule has 7 heteroatoms. The number of aliphatic carboxylic acids is 1. The van der Waals surface area contributed by atoms with Gasteiger partial charge >= 0.3 is 5.97 Å². The van der Waals surface area contributed by atoms with Crippen LogP contribution in [0.3, 0.4) is 0 Å². The minimum atomic E-state index is -0.748. The summed E-state index contributed by atoms with van der Waals surface area (Å²) in [5.74, 6) is 0.481. The van der Waals surface area contributed by atoms with Crippen LogP contribution in [0.2, 0.25) is 0 Å². The number of hydrogen-bond donors (Lipinski definition) is 3. The molecule has 2 rings (SSSR count). The molecule has 1 aromatic rings. The SMILES string of the molecule is C=CC[C@H]1C(O)C[C@@H](C)[C@@H]1/C=C/[C@@H](O)CCc1cc(Br)c(C)s1.CC.CSCC(=O)O. The van der Waals surface area contributed by atoms with Gasteiger partial charge in [-0.15, -0.1) is 17.9 Å². The molecular formula is C24H39BrO4S2. The van der Waals surface area contributed by atoms with Gasteiger partial charge in [0.1, 0.15) is 0 Å². The topological polar surface area (TPSA) is 77.8 Å². The minimum Gasteiger partial charge on any atom is -0.481 e. The maximum absolute atomic E-state index is 10.2. The first kappa shape index (κ1) is 30.4. The average Bonchev–Trinajstić information content (AvgIpc) is 3.18. The molecule has 1 aromatic heterocycles. The molecule has 4 nitrogen and oxygen atoms in total. The van der Waals surface area contributed by atoms with Gasteiger partial charge < -0.3 is 15.3 Å². The zero-order valence-corrected chi connectivity index (χ0v) is 22.6. The van der Waals surface area contributed by atoms with Crippen molar-refractivity contribution in [3.8, 4) is 0 Å². The Hall–Kier alpha value is -0.600. The van der Waals surface area contributed by atoms with Crippen molar-refractivity contribution in [1.82, 2.24) is 0 Å². The Morgan fingerprint density at radius 1 is 1.45 bits per heavy atom. The molecular weight excluding hydrogens is 496 g/mol. The Balaban J connectivity index is 0.000000970. The first-order valence-corrected chi connectivity index (χ1v) is 13.8. The van der Waals surface area contributed by atoms with Gasteiger partial charge in [0.05, 0.1) is 18.0 Å². The molecule has 1 aliphatic carbocycles. The molecule has 3 N–H and O–H groups in total. The molecule has 1 fully saturated rings. The average molecular weight is 536 g/mol. The Labute approximate surface area is 205 Å². The van der Waals surface area contributed by atoms with Crippen molar-refractivity contribution in [2.24, 2.45) is 17.8 Å². The maximum Gasteiger partial charge on any atom is 0.313 e. The first-order chi connectivity index (χ1) is 14.7. The highest BCUT2D eigenvalue weighted by Crippen LogP contribution is 2.40. The summed E-state index contributed by atoms with van der Waals surface area (Å²) in [7, 11) is 0. The lowest BCUT2D eigenvalue weighted by Crippen LogP contribution is -2.18. The molecule has 1 unspecified atom stereocenters. The molecule has 1 saturated carbocycles. The van der Waals surface area contributed by atoms with Crippen LogP contribution in [0, 0.1) is 24.7 Å². The summed E-state index contributed by atoms with van der Waals surface area (Å²) in [6.07, 6.45) is 10.3. The summed E-state index contributed by atoms with van der Waals surface area (Å²) in [6, 6.07) is 2.14. The van der Waals surface area contributed by atoms with Crippen LogP contribution in [-0.4, -0.2) is 45.5 Å². The van der Waals surface area contributed by atoms with Gasteiger partial charge in [-0.3, -0.25) is 4.79 Å². The molecule has 0 aliphatic heterocycles. The zero-order chi connectivity index (χ0) is 24.0. The standard InChI is InChI=1S/C19H27BrO2S.C3H6O2S.C2H6/c1-4-5-17-16(12(2)10-19(17)22)9-7-14(21)6-8-15-11-18(20)13(3)23-15;1-6-2-3(4)5;1-2/h4,7,9,11-12,14,16-17,19,21-22H,1,5-6,8,10H2,2-3H3;2H2,1H3,(H,4,5);1-2H3/b9-7+;;/t12-,14+,16+,17-,19?;;/m1../s1. The van der Waals surface area contributed by atoms with Crippen molar-refractivity contribution < 1.29 is 20.1 Å². The van der Waals surface area contributed by atoms with Crippen LogP contribution in [0.15, 0.2) is 35.3 Å². The summed E-state index contributed by atoms with van der Waals surface area (Å²) < 4.78 is 1.16. The van der Waals surface area contributed by atoms with E-state index in [1.807, 2.05) is 26.0 Å². The van der Waals surface area contributed by atoms with Gasteiger partial charge in [0.2, 0.25) is 0 Å². The van der Waals surface area contributed by atoms with Crippen molar-refractivity contribution in [3.05, 3.63) is 45.1 Å². The summed E-state index contributed by atoms with van der Waals surface area (Å²) >= 11 is 6.63. The van der Waals surface area contributed by atoms with Gasteiger partial charge in [-0.25, -0.2) is 0 Å². The maximum atomic E-state index is 10.2. The summed E-state index contributed by atoms with van der Waals surface area (Å²) in [5.41, 5.74) is 0. The van der Waals surface area contributed by atoms with Crippen LogP contribution in [0.1, 0.15) is 49.8 Å². The van der Waals surface area contributed by atoms with Crippen LogP contribution in [0.5, 0.6) is 0 Å². The lowest BCUT2D eigenvalue weighted by atomic mass is 9.87. The number of carbonyl (C=O) groups is 1. The third kappa shape index (κ3) is 11.7. The van der Waals surface area contributed by atoms with Crippen molar-refractivity contribution in [3.63, 3.8) is 0 Å². The summed E-state index contributed by atoms with van der Waals surface area (Å²) in [6.45, 7) is 12.1. The third-order valence-corrected chi connectivity index (χ3v) is 7.85. The van der Waals surface area contributed by atoms with Gasteiger partial charge in [0.25, 0.3) is 0 Å². The Bertz CT molecular complexity index is 655. The van der Waals surface area contributed by atoms with Crippen LogP contribution < -0.4 is 0 Å². The Kier molecular flexibility index (Phi) is 16.6. The Morgan fingerprint density at radius 2 is 2.10 bits per heavy atom. The molecule has 5 atom stereocenters. The quantitative estimate of drug-likeness (QED) is 0.322. The van der Waals surface area contributed by atoms with Gasteiger partial charge in [0.15, 0.2) is 0 Å². The Morgan fingerprint density at radius 3 is 2.55 bits per heavy atom. The van der Waals surface area contributed by atoms with Crippen molar-refractivity contribution >= 4 is 45.0 Å². The number of hydrogen-bond acceptors (Lipinski definition) is 5. The number of carboxylic acid groups (broad SMARTS) is 1. The minimum absolute atomic E-state index is 0.208. The van der Waals surface area contributed by atoms with E-state index < -0.39 is 12.1 Å². The molecule has 0 amide bonds. The highest BCUT2D eigenvalue weighted by molar-refractivity contribution is 9.10. The highest BCUT2D eigenvalue weighted by Gasteiger charge is 2.37. The predicted molar refractivity (Wildman–Crippen MR) is 139 cm³/mol. The van der Waals surface area contributed by atoms with Crippen LogP contribution >= 0.6 is 39.0 Å². The number of aliphatic hydroxyl groups is 2. The van der Waals surface area contributed by atoms with E-state index in [-0.39, 0.29) is 17.8 Å². The number of halogens is 1. The molecule has 0 radical (unpaired) electrons. The largest absolute Gasteiger partial charge is 0.481 e. The molecule has 0 bridgehead atoms. The molecule has 1 heterocycles. The van der Waals surface area contributed by atoms with Crippen molar-refractivity contribution in [2.45, 2.75) is 65.6 Å². The van der Waals surface area contributed by atoms with E-state index in [1.165, 1.54) is 21.5 Å². The van der Waals surface area contributed by atoms with Gasteiger partial charge in [0, 0.05) is 14.2 Å². The van der Waals surface area contributed by atoms with Crippen molar-refractivity contribution in [1.29, 1.82) is 0 Å². The van der Waals surface area contributed by atoms with E-state index in [9.17, 15) is 15.0 Å². The van der Waals surface area contributed by atoms with Crippen LogP contribution in [-0.2, 0) is 11.2 Å². The fourth-order valence-corrected chi connectivity index (χ4v) is 5.50. The smallest absolute Gasteiger partial charge is 0.313 e. The second-order valence-electron chi connectivity index (χ2n) is 7.48. The van der Waals surface area contributed by atoms with Gasteiger partial charge in [-0.05, 0) is 78.6 Å². The summed E-state index contributed by atoms with van der Waals surface area (Å²) in [4.78, 5) is 12.2. The lowest BCUT2D eigenvalue weighted by Gasteiger charge is -2.20. The number of carboxylic acids is 1. The number of rotatable bonds is 9. The molecule has 31 heavy (non-hydrogen) atoms. The monoisotopic (exact) mass is 534 g/mol. The molecule has 0 saturated heterocycles. The van der Waals surface area contributed by atoms with Crippen molar-refractivity contribution in [2.75, 3.05) is 12.0 Å². The van der Waals surface area contributed by atoms with Crippen LogP contribution in [0.4, 0.5) is 0 Å². The van der Waals surface area contributed by atoms with Crippen LogP contribution in [0.25, 0.3) is 0 Å². The number of allylic oxidation sites excluding steroid dienone is 2. The first-order valence-electron chi connectivity index (χ1n) is 10.8. The van der Waals surface area contributed by atoms with E-state index in [1.54, 1.807) is 17.6 Å². The van der Waals surface area contributed by atoms with E-state index >= 15 is 0 Å². The predicted octanol–water partition coefficient (Wildman–Crippen LogP) is 6.34. The van der Waals surface area contributed by atoms with E-state index in [0.29, 0.717) is 11.8 Å². The van der Waals surface area contributed by atoms with Gasteiger partial charge in [-0.1, -0.05) is 39.0 Å². The third-order valence-electron chi connectivity index (χ3n) is 5.12. The second-order valence-corrected chi connectivity index (χ2v) is 10.5. The number of aryl methyl sites for hydroxylation is 2. The number of aliphatic hydroxyl groups excluding tert-OH is 2. The molecule has 0 spiro atoms. The lowest BCUT2D eigenvalue weighted by molar-refractivity contribution is -0.133. The fourth-order valence-electron chi connectivity index (χ4n) is 3.64. The number of thiophene rings is 1. The zero-order valence-electron chi connectivity index (χ0n) is 19.4. The van der Waals surface area contributed by atoms with E-state index in [2.05, 4.69) is 48.5 Å². The fraction of sp³-hybridized carbons (Fsp3) is 0.625. The number of thioether (sulfide) groups is 1. The van der Waals surface area contributed by atoms with Gasteiger partial charge in [-0.2, -0.15) is 11.8 Å². The molecule has 178 valence electrons. The highest BCUT2D eigenvalue weighted by atomic mass is 79.9. The normalized spacial score (nSPS) is 23.5. The molecule has 1 aliphatic rings. The molecule has 0 aromatic carbocycles. The van der Waals surface area contributed by atoms with E-state index in [0.717, 1.165) is 30.2 Å². The summed E-state index contributed by atoms with van der Waals surface area (Å²) in [5, 5.41) is 28.3.